The highest BCUT2D eigenvalue weighted by molar-refractivity contribution is 7.80. The highest BCUT2D eigenvalue weighted by atomic mass is 32.1. The molecular formula is C15H25N4O3S+. The van der Waals surface area contributed by atoms with Crippen LogP contribution in [0.15, 0.2) is 4.99 Å². The summed E-state index contributed by atoms with van der Waals surface area (Å²) in [7, 11) is 0. The summed E-state index contributed by atoms with van der Waals surface area (Å²) in [5, 5.41) is 0.299. The first-order valence-electron chi connectivity index (χ1n) is 8.18. The monoisotopic (exact) mass is 341 g/mol. The predicted octanol–water partition coefficient (Wildman–Crippen LogP) is -1.42. The molecule has 0 aliphatic carbocycles. The van der Waals surface area contributed by atoms with Crippen LogP contribution in [0.3, 0.4) is 0 Å². The molecule has 23 heavy (non-hydrogen) atoms. The molecule has 0 aromatic carbocycles. The van der Waals surface area contributed by atoms with Crippen molar-refractivity contribution >= 4 is 35.4 Å². The van der Waals surface area contributed by atoms with Crippen molar-refractivity contribution in [2.24, 2.45) is 10.9 Å². The Labute approximate surface area is 142 Å². The normalized spacial score (nSPS) is 21.7. The molecule has 2 amide bonds. The van der Waals surface area contributed by atoms with Crippen molar-refractivity contribution in [2.45, 2.75) is 13.8 Å². The second kappa shape index (κ2) is 8.47. The number of nitrogens with one attached hydrogen (secondary N) is 1. The molecule has 0 aromatic heterocycles. The second-order valence-electron chi connectivity index (χ2n) is 5.59. The van der Waals surface area contributed by atoms with E-state index < -0.39 is 5.92 Å². The van der Waals surface area contributed by atoms with E-state index in [-0.39, 0.29) is 11.8 Å². The number of hydrogen-bond donors (Lipinski definition) is 1. The smallest absolute Gasteiger partial charge is 0.246 e. The number of hydrogen-bond acceptors (Lipinski definition) is 5. The second-order valence-corrected chi connectivity index (χ2v) is 5.96. The lowest BCUT2D eigenvalue weighted by atomic mass is 10.1. The van der Waals surface area contributed by atoms with E-state index in [1.807, 2.05) is 13.8 Å². The van der Waals surface area contributed by atoms with Crippen LogP contribution in [0.2, 0.25) is 0 Å². The zero-order valence-electron chi connectivity index (χ0n) is 13.8. The summed E-state index contributed by atoms with van der Waals surface area (Å²) in [6.07, 6.45) is 1.50. The van der Waals surface area contributed by atoms with Gasteiger partial charge in [-0.15, -0.1) is 0 Å². The lowest BCUT2D eigenvalue weighted by molar-refractivity contribution is -0.906. The van der Waals surface area contributed by atoms with Crippen molar-refractivity contribution in [3.63, 3.8) is 0 Å². The average molecular weight is 341 g/mol. The molecule has 0 spiro atoms. The molecule has 0 atom stereocenters. The maximum atomic E-state index is 12.4. The summed E-state index contributed by atoms with van der Waals surface area (Å²) in [4.78, 5) is 33.6. The van der Waals surface area contributed by atoms with Gasteiger partial charge in [0.1, 0.15) is 13.1 Å². The van der Waals surface area contributed by atoms with Gasteiger partial charge in [-0.3, -0.25) is 24.4 Å². The van der Waals surface area contributed by atoms with E-state index >= 15 is 0 Å². The predicted molar refractivity (Wildman–Crippen MR) is 90.6 cm³/mol. The summed E-state index contributed by atoms with van der Waals surface area (Å²) >= 11 is 5.23. The minimum atomic E-state index is -0.846. The average Bonchev–Trinajstić information content (AvgIpc) is 2.56. The van der Waals surface area contributed by atoms with Crippen LogP contribution in [-0.4, -0.2) is 85.4 Å². The molecule has 0 bridgehead atoms. The molecule has 2 rings (SSSR count). The largest absolute Gasteiger partial charge is 0.370 e. The third-order valence-corrected chi connectivity index (χ3v) is 4.65. The van der Waals surface area contributed by atoms with Crippen molar-refractivity contribution in [1.82, 2.24) is 9.80 Å². The molecule has 2 aliphatic heterocycles. The third kappa shape index (κ3) is 4.13. The van der Waals surface area contributed by atoms with Gasteiger partial charge in [0.05, 0.1) is 26.3 Å². The van der Waals surface area contributed by atoms with Gasteiger partial charge in [0.25, 0.3) is 0 Å². The third-order valence-electron chi connectivity index (χ3n) is 4.21. The fourth-order valence-corrected chi connectivity index (χ4v) is 3.24. The molecule has 8 heteroatoms. The molecule has 128 valence electrons. The summed E-state index contributed by atoms with van der Waals surface area (Å²) < 4.78 is 5.32. The lowest BCUT2D eigenvalue weighted by Crippen LogP contribution is -3.14. The van der Waals surface area contributed by atoms with Crippen molar-refractivity contribution in [3.05, 3.63) is 0 Å². The topological polar surface area (TPSA) is 66.7 Å². The number of morpholine rings is 1. The number of ether oxygens (including phenoxy) is 1. The van der Waals surface area contributed by atoms with Crippen molar-refractivity contribution in [3.8, 4) is 0 Å². The zero-order chi connectivity index (χ0) is 16.8. The van der Waals surface area contributed by atoms with Crippen molar-refractivity contribution in [2.75, 3.05) is 52.5 Å². The Morgan fingerprint density at radius 1 is 1.22 bits per heavy atom. The Morgan fingerprint density at radius 3 is 2.30 bits per heavy atom. The summed E-state index contributed by atoms with van der Waals surface area (Å²) in [5.74, 6) is -1.38. The van der Waals surface area contributed by atoms with Gasteiger partial charge < -0.3 is 9.64 Å². The van der Waals surface area contributed by atoms with E-state index in [9.17, 15) is 9.59 Å². The molecule has 2 saturated heterocycles. The van der Waals surface area contributed by atoms with Crippen molar-refractivity contribution in [1.29, 1.82) is 0 Å². The Balaban J connectivity index is 1.95. The first-order valence-corrected chi connectivity index (χ1v) is 8.58. The van der Waals surface area contributed by atoms with Crippen LogP contribution in [0.1, 0.15) is 13.8 Å². The summed E-state index contributed by atoms with van der Waals surface area (Å²) in [6, 6.07) is 0. The molecule has 0 unspecified atom stereocenters. The van der Waals surface area contributed by atoms with Crippen molar-refractivity contribution < 1.29 is 19.2 Å². The number of quaternary nitrogens is 1. The van der Waals surface area contributed by atoms with Crippen LogP contribution < -0.4 is 4.90 Å². The SMILES string of the molecule is CCN1C(=O)C(C=NCC[NH+]2CCOCC2)C(=O)N(CC)C1=S. The first-order chi connectivity index (χ1) is 11.1. The van der Waals surface area contributed by atoms with Gasteiger partial charge in [-0.05, 0) is 26.1 Å². The van der Waals surface area contributed by atoms with Crippen LogP contribution in [0, 0.1) is 5.92 Å². The van der Waals surface area contributed by atoms with Crippen LogP contribution in [0.25, 0.3) is 0 Å². The molecule has 0 radical (unpaired) electrons. The Hall–Kier alpha value is -1.38. The number of amides is 2. The quantitative estimate of drug-likeness (QED) is 0.366. The summed E-state index contributed by atoms with van der Waals surface area (Å²) in [5.41, 5.74) is 0. The molecule has 2 aliphatic rings. The highest BCUT2D eigenvalue weighted by Gasteiger charge is 2.41. The van der Waals surface area contributed by atoms with Gasteiger partial charge >= 0.3 is 0 Å². The fraction of sp³-hybridized carbons (Fsp3) is 0.733. The molecule has 2 fully saturated rings. The molecular weight excluding hydrogens is 316 g/mol. The standard InChI is InChI=1S/C15H24N4O3S/c1-3-18-13(20)12(14(21)19(4-2)15(18)23)11-16-5-6-17-7-9-22-10-8-17/h11-12H,3-10H2,1-2H3/p+1. The van der Waals surface area contributed by atoms with E-state index in [1.165, 1.54) is 20.9 Å². The van der Waals surface area contributed by atoms with E-state index in [1.54, 1.807) is 0 Å². The van der Waals surface area contributed by atoms with Gasteiger partial charge in [0, 0.05) is 19.3 Å². The number of rotatable bonds is 6. The molecule has 0 saturated carbocycles. The van der Waals surface area contributed by atoms with Crippen LogP contribution in [0.4, 0.5) is 0 Å². The van der Waals surface area contributed by atoms with Gasteiger partial charge in [-0.25, -0.2) is 0 Å². The van der Waals surface area contributed by atoms with Crippen LogP contribution in [-0.2, 0) is 14.3 Å². The molecule has 1 N–H and O–H groups in total. The number of aliphatic imine (C=N–C) groups is 1. The Kier molecular flexibility index (Phi) is 6.61. The van der Waals surface area contributed by atoms with Gasteiger partial charge in [-0.2, -0.15) is 0 Å². The molecule has 0 aromatic rings. The number of carbonyl (C=O) groups is 2. The lowest BCUT2D eigenvalue weighted by Gasteiger charge is -2.37. The number of nitrogens with zero attached hydrogens (tertiary/aromatic N) is 3. The molecule has 7 nitrogen and oxygen atoms in total. The summed E-state index contributed by atoms with van der Waals surface area (Å²) in [6.45, 7) is 9.66. The van der Waals surface area contributed by atoms with Crippen LogP contribution in [0.5, 0.6) is 0 Å². The van der Waals surface area contributed by atoms with Crippen LogP contribution >= 0.6 is 12.2 Å². The van der Waals surface area contributed by atoms with E-state index in [0.29, 0.717) is 24.7 Å². The van der Waals surface area contributed by atoms with E-state index in [0.717, 1.165) is 32.8 Å². The van der Waals surface area contributed by atoms with E-state index in [2.05, 4.69) is 4.99 Å². The fourth-order valence-electron chi connectivity index (χ4n) is 2.80. The van der Waals surface area contributed by atoms with Gasteiger partial charge in [0.2, 0.25) is 11.8 Å². The number of thiocarbonyl (C=S) groups is 1. The minimum absolute atomic E-state index is 0.269. The first kappa shape index (κ1) is 18.0. The Bertz CT molecular complexity index is 465. The van der Waals surface area contributed by atoms with Gasteiger partial charge in [-0.1, -0.05) is 0 Å². The zero-order valence-corrected chi connectivity index (χ0v) is 14.6. The minimum Gasteiger partial charge on any atom is -0.370 e. The molecule has 2 heterocycles. The highest BCUT2D eigenvalue weighted by Crippen LogP contribution is 2.16. The van der Waals surface area contributed by atoms with E-state index in [4.69, 9.17) is 17.0 Å². The maximum Gasteiger partial charge on any atom is 0.246 e. The Morgan fingerprint density at radius 2 is 1.78 bits per heavy atom. The number of carbonyl (C=O) groups excluding carboxylic acids is 2. The van der Waals surface area contributed by atoms with Gasteiger partial charge in [0.15, 0.2) is 11.0 Å². The maximum absolute atomic E-state index is 12.4.